The van der Waals surface area contributed by atoms with Gasteiger partial charge in [0.05, 0.1) is 7.11 Å². The van der Waals surface area contributed by atoms with Gasteiger partial charge in [0, 0.05) is 49.7 Å². The summed E-state index contributed by atoms with van der Waals surface area (Å²) in [5.74, 6) is 1.73. The van der Waals surface area contributed by atoms with Crippen molar-refractivity contribution in [3.05, 3.63) is 24.3 Å². The lowest BCUT2D eigenvalue weighted by Gasteiger charge is -2.34. The molecule has 1 aromatic carbocycles. The van der Waals surface area contributed by atoms with E-state index in [0.29, 0.717) is 32.5 Å². The molecule has 1 aromatic rings. The van der Waals surface area contributed by atoms with Gasteiger partial charge in [0.25, 0.3) is 0 Å². The number of alkyl halides is 1. The summed E-state index contributed by atoms with van der Waals surface area (Å²) in [7, 11) is 1.65. The lowest BCUT2D eigenvalue weighted by molar-refractivity contribution is -0.120. The highest BCUT2D eigenvalue weighted by Gasteiger charge is 2.33. The second-order valence-electron chi connectivity index (χ2n) is 5.50. The molecule has 1 amide bonds. The molecular weight excluding hydrogens is 303 g/mol. The smallest absolute Gasteiger partial charge is 0.209 e. The van der Waals surface area contributed by atoms with Crippen LogP contribution in [0.4, 0.5) is 4.39 Å². The van der Waals surface area contributed by atoms with Crippen LogP contribution in [-0.2, 0) is 4.79 Å². The first-order valence-corrected chi connectivity index (χ1v) is 8.50. The Morgan fingerprint density at radius 2 is 2.23 bits per heavy atom. The fraction of sp³-hybridized carbons (Fsp3) is 0.562. The summed E-state index contributed by atoms with van der Waals surface area (Å²) in [4.78, 5) is 13.4. The topological polar surface area (TPSA) is 41.6 Å². The Kier molecular flexibility index (Phi) is 6.51. The van der Waals surface area contributed by atoms with Gasteiger partial charge in [-0.3, -0.25) is 4.79 Å². The van der Waals surface area contributed by atoms with Crippen molar-refractivity contribution >= 4 is 18.2 Å². The van der Waals surface area contributed by atoms with Crippen LogP contribution in [0.5, 0.6) is 5.75 Å². The van der Waals surface area contributed by atoms with Gasteiger partial charge in [-0.25, -0.2) is 4.39 Å². The van der Waals surface area contributed by atoms with Crippen molar-refractivity contribution in [2.24, 2.45) is 0 Å². The molecule has 122 valence electrons. The maximum absolute atomic E-state index is 14.5. The zero-order valence-corrected chi connectivity index (χ0v) is 13.7. The molecule has 1 aliphatic heterocycles. The van der Waals surface area contributed by atoms with Gasteiger partial charge in [0.15, 0.2) is 0 Å². The van der Waals surface area contributed by atoms with Gasteiger partial charge in [0.1, 0.15) is 11.4 Å². The van der Waals surface area contributed by atoms with E-state index in [2.05, 4.69) is 5.32 Å². The Morgan fingerprint density at radius 1 is 1.45 bits per heavy atom. The molecule has 4 nitrogen and oxygen atoms in total. The molecule has 0 unspecified atom stereocenters. The molecule has 0 saturated carbocycles. The fourth-order valence-electron chi connectivity index (χ4n) is 2.45. The predicted molar refractivity (Wildman–Crippen MR) is 87.3 cm³/mol. The molecule has 2 rings (SSSR count). The summed E-state index contributed by atoms with van der Waals surface area (Å²) in [6, 6.07) is 7.92. The fourth-order valence-corrected chi connectivity index (χ4v) is 3.31. The zero-order valence-electron chi connectivity index (χ0n) is 12.9. The number of thioether (sulfide) groups is 1. The lowest BCUT2D eigenvalue weighted by atomic mass is 9.93. The van der Waals surface area contributed by atoms with E-state index in [0.717, 1.165) is 29.4 Å². The van der Waals surface area contributed by atoms with Gasteiger partial charge in [-0.1, -0.05) is 6.07 Å². The van der Waals surface area contributed by atoms with Crippen LogP contribution in [0.25, 0.3) is 0 Å². The molecule has 0 aliphatic carbocycles. The SMILES string of the molecule is COc1cccc(SCCNCC2(F)CCN(C=O)CC2)c1. The van der Waals surface area contributed by atoms with Crippen LogP contribution in [0.3, 0.4) is 0 Å². The van der Waals surface area contributed by atoms with Crippen LogP contribution < -0.4 is 10.1 Å². The molecule has 0 bridgehead atoms. The second kappa shape index (κ2) is 8.39. The Labute approximate surface area is 135 Å². The van der Waals surface area contributed by atoms with E-state index < -0.39 is 5.67 Å². The first-order chi connectivity index (χ1) is 10.6. The van der Waals surface area contributed by atoms with Crippen molar-refractivity contribution in [2.45, 2.75) is 23.4 Å². The maximum atomic E-state index is 14.5. The molecule has 1 N–H and O–H groups in total. The van der Waals surface area contributed by atoms with Crippen molar-refractivity contribution in [1.82, 2.24) is 10.2 Å². The Morgan fingerprint density at radius 3 is 2.91 bits per heavy atom. The number of nitrogens with one attached hydrogen (secondary N) is 1. The molecular formula is C16H23FN2O2S. The van der Waals surface area contributed by atoms with Crippen molar-refractivity contribution in [2.75, 3.05) is 39.0 Å². The summed E-state index contributed by atoms with van der Waals surface area (Å²) in [6.07, 6.45) is 1.64. The summed E-state index contributed by atoms with van der Waals surface area (Å²) < 4.78 is 19.7. The number of rotatable bonds is 8. The van der Waals surface area contributed by atoms with Gasteiger partial charge in [0.2, 0.25) is 6.41 Å². The van der Waals surface area contributed by atoms with E-state index in [-0.39, 0.29) is 0 Å². The number of carbonyl (C=O) groups is 1. The molecule has 1 heterocycles. The van der Waals surface area contributed by atoms with Gasteiger partial charge >= 0.3 is 0 Å². The number of nitrogens with zero attached hydrogens (tertiary/aromatic N) is 1. The van der Waals surface area contributed by atoms with Crippen LogP contribution in [0.15, 0.2) is 29.2 Å². The third-order valence-corrected chi connectivity index (χ3v) is 4.87. The average molecular weight is 326 g/mol. The molecule has 0 atom stereocenters. The van der Waals surface area contributed by atoms with Crippen molar-refractivity contribution in [3.63, 3.8) is 0 Å². The van der Waals surface area contributed by atoms with Gasteiger partial charge in [-0.05, 0) is 18.2 Å². The second-order valence-corrected chi connectivity index (χ2v) is 6.66. The monoisotopic (exact) mass is 326 g/mol. The minimum Gasteiger partial charge on any atom is -0.497 e. The zero-order chi connectivity index (χ0) is 15.8. The number of hydrogen-bond donors (Lipinski definition) is 1. The minimum atomic E-state index is -1.18. The standard InChI is InChI=1S/C16H23FN2O2S/c1-21-14-3-2-4-15(11-14)22-10-7-18-12-16(17)5-8-19(13-20)9-6-16/h2-4,11,13,18H,5-10,12H2,1H3. The minimum absolute atomic E-state index is 0.359. The van der Waals surface area contributed by atoms with Gasteiger partial charge < -0.3 is 15.0 Å². The third-order valence-electron chi connectivity index (χ3n) is 3.87. The number of carbonyl (C=O) groups excluding carboxylic acids is 1. The highest BCUT2D eigenvalue weighted by Crippen LogP contribution is 2.25. The van der Waals surface area contributed by atoms with Crippen molar-refractivity contribution < 1.29 is 13.9 Å². The number of likely N-dealkylation sites (tertiary alicyclic amines) is 1. The molecule has 0 radical (unpaired) electrons. The molecule has 1 aliphatic rings. The molecule has 1 fully saturated rings. The maximum Gasteiger partial charge on any atom is 0.209 e. The van der Waals surface area contributed by atoms with E-state index in [9.17, 15) is 9.18 Å². The summed E-state index contributed by atoms with van der Waals surface area (Å²) in [6.45, 7) is 2.14. The Hall–Kier alpha value is -1.27. The van der Waals surface area contributed by atoms with Gasteiger partial charge in [-0.15, -0.1) is 11.8 Å². The van der Waals surface area contributed by atoms with E-state index in [1.54, 1.807) is 23.8 Å². The van der Waals surface area contributed by atoms with E-state index in [1.165, 1.54) is 0 Å². The number of amides is 1. The van der Waals surface area contributed by atoms with E-state index >= 15 is 0 Å². The number of hydrogen-bond acceptors (Lipinski definition) is 4. The van der Waals surface area contributed by atoms with Gasteiger partial charge in [-0.2, -0.15) is 0 Å². The largest absolute Gasteiger partial charge is 0.497 e. The van der Waals surface area contributed by atoms with Crippen molar-refractivity contribution in [3.8, 4) is 5.75 Å². The Balaban J connectivity index is 1.63. The van der Waals surface area contributed by atoms with Crippen LogP contribution in [0, 0.1) is 0 Å². The highest BCUT2D eigenvalue weighted by molar-refractivity contribution is 7.99. The summed E-state index contributed by atoms with van der Waals surface area (Å²) >= 11 is 1.72. The third kappa shape index (κ3) is 5.18. The Bertz CT molecular complexity index is 479. The van der Waals surface area contributed by atoms with E-state index in [1.807, 2.05) is 24.3 Å². The van der Waals surface area contributed by atoms with E-state index in [4.69, 9.17) is 4.74 Å². The van der Waals surface area contributed by atoms with Crippen molar-refractivity contribution in [1.29, 1.82) is 0 Å². The number of methoxy groups -OCH3 is 1. The average Bonchev–Trinajstić information content (AvgIpc) is 2.55. The lowest BCUT2D eigenvalue weighted by Crippen LogP contribution is -2.47. The highest BCUT2D eigenvalue weighted by atomic mass is 32.2. The van der Waals surface area contributed by atoms with Crippen LogP contribution in [-0.4, -0.2) is 56.0 Å². The number of halogens is 1. The molecule has 0 spiro atoms. The quantitative estimate of drug-likeness (QED) is 0.452. The first kappa shape index (κ1) is 17.1. The first-order valence-electron chi connectivity index (χ1n) is 7.51. The summed E-state index contributed by atoms with van der Waals surface area (Å²) in [5, 5.41) is 3.19. The molecule has 6 heteroatoms. The number of ether oxygens (including phenoxy) is 1. The van der Waals surface area contributed by atoms with Crippen LogP contribution >= 0.6 is 11.8 Å². The molecule has 0 aromatic heterocycles. The number of piperidine rings is 1. The molecule has 22 heavy (non-hydrogen) atoms. The normalized spacial score (nSPS) is 17.3. The predicted octanol–water partition coefficient (Wildman–Crippen LogP) is 2.34. The number of benzene rings is 1. The van der Waals surface area contributed by atoms with Crippen LogP contribution in [0.1, 0.15) is 12.8 Å². The molecule has 1 saturated heterocycles. The summed E-state index contributed by atoms with van der Waals surface area (Å²) in [5.41, 5.74) is -1.18. The van der Waals surface area contributed by atoms with Crippen LogP contribution in [0.2, 0.25) is 0 Å².